The average Bonchev–Trinajstić information content (AvgIpc) is 2.94. The van der Waals surface area contributed by atoms with Crippen molar-refractivity contribution in [3.8, 4) is 6.07 Å². The minimum Gasteiger partial charge on any atom is -0.232 e. The maximum atomic E-state index is 9.07. The predicted molar refractivity (Wildman–Crippen MR) is 54.2 cm³/mol. The third-order valence-electron chi connectivity index (χ3n) is 2.89. The van der Waals surface area contributed by atoms with Crippen LogP contribution in [-0.2, 0) is 5.41 Å². The summed E-state index contributed by atoms with van der Waals surface area (Å²) in [5.74, 6) is 0. The molecule has 0 spiro atoms. The quantitative estimate of drug-likeness (QED) is 0.699. The minimum absolute atomic E-state index is 0.313. The van der Waals surface area contributed by atoms with Crippen molar-refractivity contribution in [1.29, 1.82) is 5.26 Å². The molecule has 74 valence electrons. The van der Waals surface area contributed by atoms with Gasteiger partial charge in [0, 0.05) is 0 Å². The van der Waals surface area contributed by atoms with Crippen LogP contribution in [0.4, 0.5) is 0 Å². The number of nitrogens with zero attached hydrogens (tertiary/aromatic N) is 4. The third kappa shape index (κ3) is 1.13. The molecular weight excluding hydrogens is 188 g/mol. The Balaban J connectivity index is 2.18. The molecule has 0 saturated heterocycles. The van der Waals surface area contributed by atoms with Crippen molar-refractivity contribution in [3.63, 3.8) is 0 Å². The first-order chi connectivity index (χ1) is 7.23. The van der Waals surface area contributed by atoms with Crippen molar-refractivity contribution >= 4 is 5.65 Å². The summed E-state index contributed by atoms with van der Waals surface area (Å²) in [5.41, 5.74) is 2.34. The molecule has 1 saturated carbocycles. The predicted octanol–water partition coefficient (Wildman–Crippen LogP) is 1.59. The second-order valence-electron chi connectivity index (χ2n) is 4.10. The van der Waals surface area contributed by atoms with E-state index in [2.05, 4.69) is 16.2 Å². The molecular formula is C11H10N4. The molecule has 0 bridgehead atoms. The zero-order valence-electron chi connectivity index (χ0n) is 8.44. The van der Waals surface area contributed by atoms with Crippen molar-refractivity contribution in [2.24, 2.45) is 0 Å². The van der Waals surface area contributed by atoms with E-state index in [0.717, 1.165) is 29.9 Å². The molecule has 0 aliphatic heterocycles. The Bertz CT molecular complexity index is 572. The Morgan fingerprint density at radius 1 is 1.47 bits per heavy atom. The van der Waals surface area contributed by atoms with Gasteiger partial charge >= 0.3 is 0 Å². The summed E-state index contributed by atoms with van der Waals surface area (Å²) in [4.78, 5) is 4.30. The lowest BCUT2D eigenvalue weighted by atomic mass is 10.1. The van der Waals surface area contributed by atoms with Crippen LogP contribution < -0.4 is 0 Å². The zero-order chi connectivity index (χ0) is 10.5. The Labute approximate surface area is 87.2 Å². The Kier molecular flexibility index (Phi) is 1.44. The average molecular weight is 198 g/mol. The Morgan fingerprint density at radius 3 is 2.93 bits per heavy atom. The lowest BCUT2D eigenvalue weighted by molar-refractivity contribution is 0.779. The van der Waals surface area contributed by atoms with E-state index in [4.69, 9.17) is 5.26 Å². The topological polar surface area (TPSA) is 54.0 Å². The molecule has 3 rings (SSSR count). The molecule has 1 aliphatic rings. The second kappa shape index (κ2) is 2.57. The largest absolute Gasteiger partial charge is 0.232 e. The smallest absolute Gasteiger partial charge is 0.153 e. The fourth-order valence-corrected chi connectivity index (χ4v) is 1.81. The number of fused-ring (bicyclic) bond motifs is 1. The fourth-order valence-electron chi connectivity index (χ4n) is 1.81. The SMILES string of the molecule is Cc1cn2nc(C3(C#N)CC3)ccc2n1. The van der Waals surface area contributed by atoms with Crippen LogP contribution in [0.1, 0.15) is 24.2 Å². The van der Waals surface area contributed by atoms with Crippen LogP contribution in [0.15, 0.2) is 18.3 Å². The Hall–Kier alpha value is -1.89. The summed E-state index contributed by atoms with van der Waals surface area (Å²) < 4.78 is 1.75. The van der Waals surface area contributed by atoms with Gasteiger partial charge in [-0.05, 0) is 31.9 Å². The molecule has 4 nitrogen and oxygen atoms in total. The number of hydrogen-bond acceptors (Lipinski definition) is 3. The van der Waals surface area contributed by atoms with Gasteiger partial charge in [0.15, 0.2) is 5.65 Å². The Morgan fingerprint density at radius 2 is 2.27 bits per heavy atom. The summed E-state index contributed by atoms with van der Waals surface area (Å²) in [7, 11) is 0. The van der Waals surface area contributed by atoms with Gasteiger partial charge < -0.3 is 0 Å². The van der Waals surface area contributed by atoms with Gasteiger partial charge in [0.1, 0.15) is 5.41 Å². The molecule has 0 atom stereocenters. The molecule has 1 aliphatic carbocycles. The molecule has 0 aromatic carbocycles. The molecule has 4 heteroatoms. The number of aryl methyl sites for hydroxylation is 1. The van der Waals surface area contributed by atoms with Crippen LogP contribution in [0.25, 0.3) is 5.65 Å². The van der Waals surface area contributed by atoms with E-state index in [1.165, 1.54) is 0 Å². The van der Waals surface area contributed by atoms with Gasteiger partial charge in [-0.1, -0.05) is 0 Å². The van der Waals surface area contributed by atoms with Crippen molar-refractivity contribution in [2.45, 2.75) is 25.2 Å². The van der Waals surface area contributed by atoms with Crippen LogP contribution in [0.5, 0.6) is 0 Å². The van der Waals surface area contributed by atoms with Crippen LogP contribution >= 0.6 is 0 Å². The first-order valence-corrected chi connectivity index (χ1v) is 4.98. The molecule has 2 aromatic heterocycles. The first kappa shape index (κ1) is 8.42. The summed E-state index contributed by atoms with van der Waals surface area (Å²) in [5, 5.41) is 13.5. The van der Waals surface area contributed by atoms with Gasteiger partial charge in [-0.3, -0.25) is 0 Å². The molecule has 2 heterocycles. The maximum Gasteiger partial charge on any atom is 0.153 e. The summed E-state index contributed by atoms with van der Waals surface area (Å²) in [6.45, 7) is 1.94. The molecule has 2 aromatic rings. The lowest BCUT2D eigenvalue weighted by Crippen LogP contribution is -2.08. The van der Waals surface area contributed by atoms with Gasteiger partial charge in [0.2, 0.25) is 0 Å². The van der Waals surface area contributed by atoms with E-state index in [-0.39, 0.29) is 5.41 Å². The van der Waals surface area contributed by atoms with Crippen molar-refractivity contribution in [3.05, 3.63) is 29.7 Å². The van der Waals surface area contributed by atoms with E-state index in [1.807, 2.05) is 25.3 Å². The van der Waals surface area contributed by atoms with E-state index in [9.17, 15) is 0 Å². The molecule has 15 heavy (non-hydrogen) atoms. The number of aromatic nitrogens is 3. The maximum absolute atomic E-state index is 9.07. The number of imidazole rings is 1. The van der Waals surface area contributed by atoms with Crippen molar-refractivity contribution in [1.82, 2.24) is 14.6 Å². The van der Waals surface area contributed by atoms with Gasteiger partial charge in [0.05, 0.1) is 23.7 Å². The fraction of sp³-hybridized carbons (Fsp3) is 0.364. The van der Waals surface area contributed by atoms with E-state index >= 15 is 0 Å². The summed E-state index contributed by atoms with van der Waals surface area (Å²) >= 11 is 0. The third-order valence-corrected chi connectivity index (χ3v) is 2.89. The molecule has 0 radical (unpaired) electrons. The highest BCUT2D eigenvalue weighted by molar-refractivity contribution is 5.42. The molecule has 0 unspecified atom stereocenters. The molecule has 0 N–H and O–H groups in total. The summed E-state index contributed by atoms with van der Waals surface area (Å²) in [6.07, 6.45) is 3.73. The van der Waals surface area contributed by atoms with Crippen molar-refractivity contribution in [2.75, 3.05) is 0 Å². The number of hydrogen-bond donors (Lipinski definition) is 0. The van der Waals surface area contributed by atoms with Gasteiger partial charge in [-0.2, -0.15) is 10.4 Å². The number of nitriles is 1. The monoisotopic (exact) mass is 198 g/mol. The highest BCUT2D eigenvalue weighted by Gasteiger charge is 2.46. The van der Waals surface area contributed by atoms with E-state index < -0.39 is 0 Å². The number of rotatable bonds is 1. The highest BCUT2D eigenvalue weighted by atomic mass is 15.3. The van der Waals surface area contributed by atoms with Crippen LogP contribution in [0.2, 0.25) is 0 Å². The van der Waals surface area contributed by atoms with E-state index in [0.29, 0.717) is 0 Å². The lowest BCUT2D eigenvalue weighted by Gasteiger charge is -2.04. The van der Waals surface area contributed by atoms with Crippen molar-refractivity contribution < 1.29 is 0 Å². The van der Waals surface area contributed by atoms with Gasteiger partial charge in [0.25, 0.3) is 0 Å². The second-order valence-corrected chi connectivity index (χ2v) is 4.10. The minimum atomic E-state index is -0.313. The van der Waals surface area contributed by atoms with E-state index in [1.54, 1.807) is 4.52 Å². The normalized spacial score (nSPS) is 17.6. The van der Waals surface area contributed by atoms with Gasteiger partial charge in [-0.25, -0.2) is 9.50 Å². The van der Waals surface area contributed by atoms with Crippen LogP contribution in [-0.4, -0.2) is 14.6 Å². The summed E-state index contributed by atoms with van der Waals surface area (Å²) in [6, 6.07) is 6.18. The molecule has 1 fully saturated rings. The first-order valence-electron chi connectivity index (χ1n) is 4.98. The zero-order valence-corrected chi connectivity index (χ0v) is 8.44. The van der Waals surface area contributed by atoms with Crippen LogP contribution in [0, 0.1) is 18.3 Å². The van der Waals surface area contributed by atoms with Gasteiger partial charge in [-0.15, -0.1) is 0 Å². The van der Waals surface area contributed by atoms with Crippen LogP contribution in [0.3, 0.4) is 0 Å². The highest BCUT2D eigenvalue weighted by Crippen LogP contribution is 2.46. The molecule has 0 amide bonds. The standard InChI is InChI=1S/C11H10N4/c1-8-6-15-10(13-8)3-2-9(14-15)11(7-12)4-5-11/h2-3,6H,4-5H2,1H3.